The maximum absolute atomic E-state index is 14.0. The number of aliphatic hydroxyl groups is 1. The number of hydroxylamine groups is 1. The molecule has 1 aliphatic carbocycles. The second-order valence-electron chi connectivity index (χ2n) is 11.3. The molecule has 232 valence electrons. The Kier molecular flexibility index (Phi) is 8.84. The lowest BCUT2D eigenvalue weighted by Crippen LogP contribution is -2.51. The van der Waals surface area contributed by atoms with E-state index < -0.39 is 40.9 Å². The van der Waals surface area contributed by atoms with Gasteiger partial charge in [-0.05, 0) is 49.4 Å². The summed E-state index contributed by atoms with van der Waals surface area (Å²) in [5, 5.41) is 21.5. The van der Waals surface area contributed by atoms with Gasteiger partial charge in [0.15, 0.2) is 12.1 Å². The molecule has 3 heterocycles. The number of nitrogens with one attached hydrogen (secondary N) is 2. The second-order valence-corrected chi connectivity index (χ2v) is 13.1. The smallest absolute Gasteiger partial charge is 0.407 e. The molecule has 0 radical (unpaired) electrons. The number of amides is 1. The van der Waals surface area contributed by atoms with Crippen LogP contribution in [0.4, 0.5) is 10.6 Å². The average molecular weight is 616 g/mol. The maximum atomic E-state index is 14.0. The third-order valence-corrected chi connectivity index (χ3v) is 9.97. The number of carbonyl (C=O) groups is 1. The number of nitrogens with two attached hydrogens (primary N) is 1. The van der Waals surface area contributed by atoms with Crippen molar-refractivity contribution in [2.45, 2.75) is 74.1 Å². The largest absolute Gasteiger partial charge is 0.443 e. The second kappa shape index (κ2) is 12.8. The van der Waals surface area contributed by atoms with E-state index in [1.165, 1.54) is 12.1 Å². The first-order valence-corrected chi connectivity index (χ1v) is 16.1. The minimum atomic E-state index is -4.25. The lowest BCUT2D eigenvalue weighted by atomic mass is 10.0. The number of aliphatic hydroxyl groups excluding tert-OH is 1. The molecule has 5 atom stereocenters. The summed E-state index contributed by atoms with van der Waals surface area (Å²) in [6, 6.07) is 12.9. The number of nitrogen functional groups attached to an aromatic ring is 1. The lowest BCUT2D eigenvalue weighted by molar-refractivity contribution is -0.145. The van der Waals surface area contributed by atoms with Gasteiger partial charge in [0.25, 0.3) is 10.0 Å². The first-order valence-electron chi connectivity index (χ1n) is 14.6. The van der Waals surface area contributed by atoms with Crippen molar-refractivity contribution in [2.24, 2.45) is 5.92 Å². The molecule has 2 aromatic carbocycles. The van der Waals surface area contributed by atoms with Gasteiger partial charge in [0.2, 0.25) is 0 Å². The Morgan fingerprint density at radius 3 is 2.74 bits per heavy atom. The molecule has 2 saturated heterocycles. The Hall–Kier alpha value is -3.27. The van der Waals surface area contributed by atoms with Crippen molar-refractivity contribution >= 4 is 32.8 Å². The summed E-state index contributed by atoms with van der Waals surface area (Å²) in [5.74, 6) is 0.120. The van der Waals surface area contributed by atoms with Crippen LogP contribution in [-0.2, 0) is 35.5 Å². The summed E-state index contributed by atoms with van der Waals surface area (Å²) in [6.45, 7) is 0.333. The third kappa shape index (κ3) is 6.64. The predicted octanol–water partition coefficient (Wildman–Crippen LogP) is 2.47. The lowest BCUT2D eigenvalue weighted by Gasteiger charge is -2.31. The summed E-state index contributed by atoms with van der Waals surface area (Å²) < 4.78 is 45.5. The topological polar surface area (TPSA) is 178 Å². The van der Waals surface area contributed by atoms with Crippen molar-refractivity contribution < 1.29 is 37.4 Å². The van der Waals surface area contributed by atoms with E-state index in [1.807, 2.05) is 30.3 Å². The predicted molar refractivity (Wildman–Crippen MR) is 155 cm³/mol. The van der Waals surface area contributed by atoms with Crippen molar-refractivity contribution in [1.29, 1.82) is 0 Å². The highest BCUT2D eigenvalue weighted by Crippen LogP contribution is 2.33. The zero-order valence-electron chi connectivity index (χ0n) is 23.6. The van der Waals surface area contributed by atoms with E-state index in [0.29, 0.717) is 30.4 Å². The van der Waals surface area contributed by atoms with E-state index in [9.17, 15) is 18.3 Å². The van der Waals surface area contributed by atoms with Gasteiger partial charge >= 0.3 is 6.09 Å². The molecule has 1 saturated carbocycles. The van der Waals surface area contributed by atoms with Crippen LogP contribution in [0.3, 0.4) is 0 Å². The van der Waals surface area contributed by atoms with Gasteiger partial charge in [0.1, 0.15) is 6.10 Å². The van der Waals surface area contributed by atoms with Crippen molar-refractivity contribution in [1.82, 2.24) is 20.0 Å². The fraction of sp³-hybridized carbons (Fsp3) is 0.517. The number of hydrogen-bond donors (Lipinski definition) is 4. The number of aromatic nitrogens is 2. The fourth-order valence-corrected chi connectivity index (χ4v) is 7.28. The van der Waals surface area contributed by atoms with Gasteiger partial charge < -0.3 is 30.4 Å². The van der Waals surface area contributed by atoms with Crippen molar-refractivity contribution in [2.75, 3.05) is 25.5 Å². The van der Waals surface area contributed by atoms with E-state index >= 15 is 0 Å². The number of carbonyl (C=O) groups excluding carboxylic acids is 1. The van der Waals surface area contributed by atoms with Crippen LogP contribution < -0.4 is 11.1 Å². The Balaban J connectivity index is 1.23. The number of alkyl carbamates (subject to hydrolysis) is 1. The van der Waals surface area contributed by atoms with Gasteiger partial charge in [-0.15, -0.1) is 0 Å². The number of benzene rings is 2. The zero-order chi connectivity index (χ0) is 30.0. The summed E-state index contributed by atoms with van der Waals surface area (Å²) >= 11 is 0. The van der Waals surface area contributed by atoms with E-state index in [0.717, 1.165) is 29.3 Å². The van der Waals surface area contributed by atoms with E-state index in [1.54, 1.807) is 6.07 Å². The van der Waals surface area contributed by atoms with Crippen LogP contribution >= 0.6 is 0 Å². The first-order chi connectivity index (χ1) is 20.8. The minimum absolute atomic E-state index is 0.0507. The van der Waals surface area contributed by atoms with Crippen LogP contribution in [0, 0.1) is 5.92 Å². The van der Waals surface area contributed by atoms with Crippen LogP contribution in [-0.4, -0.2) is 84.7 Å². The normalized spacial score (nSPS) is 23.9. The number of aromatic amines is 1. The summed E-state index contributed by atoms with van der Waals surface area (Å²) in [6.07, 6.45) is 0.915. The molecule has 5 N–H and O–H groups in total. The molecule has 0 bridgehead atoms. The van der Waals surface area contributed by atoms with Gasteiger partial charge in [-0.25, -0.2) is 13.2 Å². The molecule has 4 unspecified atom stereocenters. The highest BCUT2D eigenvalue weighted by Gasteiger charge is 2.44. The molecular formula is C29H37N5O8S. The van der Waals surface area contributed by atoms with Crippen LogP contribution in [0.1, 0.15) is 37.7 Å². The van der Waals surface area contributed by atoms with E-state index in [-0.39, 0.29) is 42.1 Å². The molecule has 2 aliphatic heterocycles. The van der Waals surface area contributed by atoms with Crippen molar-refractivity contribution in [3.8, 4) is 0 Å². The zero-order valence-corrected chi connectivity index (χ0v) is 24.4. The highest BCUT2D eigenvalue weighted by molar-refractivity contribution is 7.89. The molecule has 3 aliphatic rings. The third-order valence-electron chi connectivity index (χ3n) is 8.34. The van der Waals surface area contributed by atoms with Gasteiger partial charge in [-0.3, -0.25) is 9.94 Å². The van der Waals surface area contributed by atoms with Gasteiger partial charge in [-0.1, -0.05) is 47.6 Å². The molecule has 1 amide bonds. The van der Waals surface area contributed by atoms with Crippen LogP contribution in [0.5, 0.6) is 0 Å². The van der Waals surface area contributed by atoms with Crippen LogP contribution in [0.25, 0.3) is 10.9 Å². The first kappa shape index (κ1) is 29.8. The fourth-order valence-electron chi connectivity index (χ4n) is 5.95. The molecule has 3 aromatic rings. The molecule has 13 nitrogen and oxygen atoms in total. The average Bonchev–Trinajstić information content (AvgIpc) is 3.81. The number of H-pyrrole nitrogens is 1. The standard InChI is InChI=1S/C29H37N5O8S/c30-27-22-15-20(10-11-23(22)32-33-27)43(37,38)34(42-19-8-4-5-9-19)16-25(35)24(14-18-6-2-1-3-7-18)31-29(36)41-26-17-40-28-21(26)12-13-39-28/h1-3,6-7,10-11,15,19,21,24-26,28,35H,4-5,8-9,12-14,16-17H2,(H,31,36)(H3,30,32,33)/t21?,24-,25?,26?,28?/m0/s1. The molecule has 6 rings (SSSR count). The van der Waals surface area contributed by atoms with Crippen molar-refractivity contribution in [3.05, 3.63) is 54.1 Å². The molecule has 1 aromatic heterocycles. The number of fused-ring (bicyclic) bond motifs is 2. The molecule has 14 heteroatoms. The van der Waals surface area contributed by atoms with Crippen LogP contribution in [0.2, 0.25) is 0 Å². The Bertz CT molecular complexity index is 1510. The molecular weight excluding hydrogens is 578 g/mol. The number of anilines is 1. The minimum Gasteiger partial charge on any atom is -0.443 e. The van der Waals surface area contributed by atoms with Crippen LogP contribution in [0.15, 0.2) is 53.4 Å². The number of hydrogen-bond acceptors (Lipinski definition) is 10. The SMILES string of the molecule is Nc1n[nH]c2ccc(S(=O)(=O)N(CC(O)[C@H](Cc3ccccc3)NC(=O)OC3COC4OCCC34)OC3CCCC3)cc12. The maximum Gasteiger partial charge on any atom is 0.407 e. The van der Waals surface area contributed by atoms with Gasteiger partial charge in [0.05, 0.1) is 54.3 Å². The summed E-state index contributed by atoms with van der Waals surface area (Å²) in [5.41, 5.74) is 7.37. The Morgan fingerprint density at radius 1 is 1.16 bits per heavy atom. The Labute approximate surface area is 249 Å². The number of rotatable bonds is 11. The summed E-state index contributed by atoms with van der Waals surface area (Å²) in [7, 11) is -4.25. The molecule has 43 heavy (non-hydrogen) atoms. The van der Waals surface area contributed by atoms with Crippen molar-refractivity contribution in [3.63, 3.8) is 0 Å². The number of sulfonamides is 1. The van der Waals surface area contributed by atoms with Gasteiger partial charge in [-0.2, -0.15) is 5.10 Å². The summed E-state index contributed by atoms with van der Waals surface area (Å²) in [4.78, 5) is 19.1. The van der Waals surface area contributed by atoms with E-state index in [4.69, 9.17) is 24.8 Å². The van der Waals surface area contributed by atoms with Gasteiger partial charge in [0, 0.05) is 5.39 Å². The number of nitrogens with zero attached hydrogens (tertiary/aromatic N) is 2. The molecule has 0 spiro atoms. The monoisotopic (exact) mass is 615 g/mol. The van der Waals surface area contributed by atoms with E-state index in [2.05, 4.69) is 15.5 Å². The molecule has 3 fully saturated rings. The number of ether oxygens (including phenoxy) is 3. The Morgan fingerprint density at radius 2 is 1.95 bits per heavy atom. The highest BCUT2D eigenvalue weighted by atomic mass is 32.2. The quantitative estimate of drug-likeness (QED) is 0.234.